The molecule has 6 nitrogen and oxygen atoms in total. The highest BCUT2D eigenvalue weighted by Gasteiger charge is 2.17. The molecule has 3 rings (SSSR count). The molecule has 8 heteroatoms. The second-order valence-corrected chi connectivity index (χ2v) is 7.57. The van der Waals surface area contributed by atoms with E-state index in [2.05, 4.69) is 36.7 Å². The van der Waals surface area contributed by atoms with Crippen molar-refractivity contribution in [2.45, 2.75) is 31.0 Å². The van der Waals surface area contributed by atoms with Gasteiger partial charge in [-0.2, -0.15) is 5.26 Å². The molecule has 0 unspecified atom stereocenters. The van der Waals surface area contributed by atoms with Crippen LogP contribution in [0.5, 0.6) is 0 Å². The van der Waals surface area contributed by atoms with Crippen molar-refractivity contribution in [2.24, 2.45) is 0 Å². The van der Waals surface area contributed by atoms with E-state index in [4.69, 9.17) is 5.26 Å². The van der Waals surface area contributed by atoms with Crippen LogP contribution in [0.3, 0.4) is 0 Å². The highest BCUT2D eigenvalue weighted by atomic mass is 79.9. The van der Waals surface area contributed by atoms with Gasteiger partial charge in [0.25, 0.3) is 0 Å². The van der Waals surface area contributed by atoms with Crippen LogP contribution in [0.15, 0.2) is 40.4 Å². The molecule has 0 aliphatic heterocycles. The van der Waals surface area contributed by atoms with Crippen molar-refractivity contribution in [1.29, 1.82) is 5.26 Å². The number of aromatic nitrogens is 3. The van der Waals surface area contributed by atoms with E-state index < -0.39 is 5.60 Å². The number of imidazole rings is 1. The largest absolute Gasteiger partial charge is 0.389 e. The number of aromatic amines is 1. The number of fused-ring (bicyclic) bond motifs is 1. The summed E-state index contributed by atoms with van der Waals surface area (Å²) in [6.45, 7) is 3.95. The molecule has 2 aromatic heterocycles. The van der Waals surface area contributed by atoms with Gasteiger partial charge in [-0.25, -0.2) is 4.98 Å². The monoisotopic (exact) mass is 405 g/mol. The average Bonchev–Trinajstić information content (AvgIpc) is 3.07. The van der Waals surface area contributed by atoms with Gasteiger partial charge in [-0.3, -0.25) is 0 Å². The summed E-state index contributed by atoms with van der Waals surface area (Å²) in [5, 5.41) is 20.7. The lowest BCUT2D eigenvalue weighted by atomic mass is 10.1. The van der Waals surface area contributed by atoms with E-state index >= 15 is 0 Å². The molecule has 24 heavy (non-hydrogen) atoms. The Bertz CT molecular complexity index is 919. The van der Waals surface area contributed by atoms with Gasteiger partial charge in [-0.05, 0) is 35.8 Å². The fourth-order valence-electron chi connectivity index (χ4n) is 2.39. The van der Waals surface area contributed by atoms with Crippen LogP contribution < -0.4 is 4.72 Å². The predicted molar refractivity (Wildman–Crippen MR) is 98.7 cm³/mol. The van der Waals surface area contributed by atoms with Crippen molar-refractivity contribution in [3.05, 3.63) is 40.9 Å². The number of halogens is 1. The molecule has 0 saturated heterocycles. The number of para-hydroxylation sites is 1. The molecule has 3 N–H and O–H groups in total. The number of nitrogens with zero attached hydrogens (tertiary/aromatic N) is 3. The van der Waals surface area contributed by atoms with Gasteiger partial charge in [0.1, 0.15) is 11.1 Å². The van der Waals surface area contributed by atoms with E-state index in [0.29, 0.717) is 16.8 Å². The summed E-state index contributed by atoms with van der Waals surface area (Å²) in [6.07, 6.45) is 3.57. The molecule has 0 spiro atoms. The van der Waals surface area contributed by atoms with Gasteiger partial charge >= 0.3 is 0 Å². The highest BCUT2D eigenvalue weighted by molar-refractivity contribution is 9.10. The van der Waals surface area contributed by atoms with Crippen molar-refractivity contribution in [1.82, 2.24) is 14.5 Å². The first-order chi connectivity index (χ1) is 11.4. The Hall–Kier alpha value is -1.95. The summed E-state index contributed by atoms with van der Waals surface area (Å²) in [5.74, 6) is 0. The molecular weight excluding hydrogens is 390 g/mol. The first-order valence-electron chi connectivity index (χ1n) is 7.25. The minimum atomic E-state index is -0.817. The lowest BCUT2D eigenvalue weighted by molar-refractivity contribution is 0.0608. The molecule has 0 atom stereocenters. The molecule has 1 aromatic carbocycles. The minimum absolute atomic E-state index is 0.443. The summed E-state index contributed by atoms with van der Waals surface area (Å²) in [7, 11) is 0. The van der Waals surface area contributed by atoms with Gasteiger partial charge in [0.15, 0.2) is 4.73 Å². The third-order valence-corrected chi connectivity index (χ3v) is 4.73. The predicted octanol–water partition coefficient (Wildman–Crippen LogP) is 3.89. The van der Waals surface area contributed by atoms with Gasteiger partial charge in [-0.15, -0.1) is 0 Å². The zero-order valence-electron chi connectivity index (χ0n) is 13.2. The maximum atomic E-state index is 9.93. The molecule has 0 radical (unpaired) electrons. The summed E-state index contributed by atoms with van der Waals surface area (Å²) < 4.78 is 5.78. The normalized spacial score (nSPS) is 11.6. The van der Waals surface area contributed by atoms with E-state index in [9.17, 15) is 5.11 Å². The Morgan fingerprint density at radius 1 is 1.50 bits per heavy atom. The summed E-state index contributed by atoms with van der Waals surface area (Å²) in [4.78, 5) is 7.54. The Labute approximate surface area is 152 Å². The number of hydrogen-bond donors (Lipinski definition) is 3. The molecule has 0 amide bonds. The number of nitriles is 1. The molecule has 124 valence electrons. The first-order valence-corrected chi connectivity index (χ1v) is 8.86. The van der Waals surface area contributed by atoms with Crippen molar-refractivity contribution in [2.75, 3.05) is 4.72 Å². The maximum Gasteiger partial charge on any atom is 0.178 e. The fourth-order valence-corrected chi connectivity index (χ4v) is 3.62. The molecule has 3 aromatic rings. The molecule has 2 heterocycles. The van der Waals surface area contributed by atoms with Crippen LogP contribution in [-0.2, 0) is 6.54 Å². The zero-order valence-corrected chi connectivity index (χ0v) is 15.6. The van der Waals surface area contributed by atoms with Crippen molar-refractivity contribution < 1.29 is 5.11 Å². The third kappa shape index (κ3) is 3.59. The third-order valence-electron chi connectivity index (χ3n) is 3.36. The van der Waals surface area contributed by atoms with Gasteiger partial charge in [0.2, 0.25) is 0 Å². The van der Waals surface area contributed by atoms with E-state index in [1.807, 2.05) is 29.0 Å². The Morgan fingerprint density at radius 3 is 3.00 bits per heavy atom. The Morgan fingerprint density at radius 2 is 2.29 bits per heavy atom. The second-order valence-electron chi connectivity index (χ2n) is 6.03. The molecule has 0 fully saturated rings. The van der Waals surface area contributed by atoms with Crippen LogP contribution in [0.2, 0.25) is 0 Å². The Balaban J connectivity index is 1.78. The molecule has 0 bridgehead atoms. The van der Waals surface area contributed by atoms with E-state index in [1.165, 1.54) is 11.9 Å². The lowest BCUT2D eigenvalue weighted by Gasteiger charge is -2.17. The average molecular weight is 406 g/mol. The van der Waals surface area contributed by atoms with Crippen LogP contribution in [0.4, 0.5) is 5.69 Å². The molecule has 0 aliphatic rings. The quantitative estimate of drug-likeness (QED) is 0.560. The van der Waals surface area contributed by atoms with E-state index in [1.54, 1.807) is 20.0 Å². The number of H-pyrrole nitrogens is 1. The first kappa shape index (κ1) is 16.9. The molecule has 0 aliphatic carbocycles. The smallest absolute Gasteiger partial charge is 0.178 e. The summed E-state index contributed by atoms with van der Waals surface area (Å²) in [6, 6.07) is 7.93. The number of anilines is 1. The number of rotatable bonds is 5. The van der Waals surface area contributed by atoms with E-state index in [-0.39, 0.29) is 0 Å². The number of aliphatic hydroxyl groups is 1. The molecular formula is C16H16BrN5OS. The number of hydrogen-bond acceptors (Lipinski definition) is 5. The SMILES string of the molecule is CC(C)(O)Cn1cc(SNc2cccc3c(C#N)c[nH]c23)nc1Br. The fraction of sp³-hybridized carbons (Fsp3) is 0.250. The zero-order chi connectivity index (χ0) is 17.3. The van der Waals surface area contributed by atoms with Gasteiger partial charge in [-0.1, -0.05) is 12.1 Å². The maximum absolute atomic E-state index is 9.93. The van der Waals surface area contributed by atoms with Crippen molar-refractivity contribution in [3.63, 3.8) is 0 Å². The van der Waals surface area contributed by atoms with Gasteiger partial charge in [0.05, 0.1) is 28.9 Å². The number of nitrogens with one attached hydrogen (secondary N) is 2. The van der Waals surface area contributed by atoms with Crippen LogP contribution in [0, 0.1) is 11.3 Å². The van der Waals surface area contributed by atoms with Gasteiger partial charge < -0.3 is 19.4 Å². The van der Waals surface area contributed by atoms with Gasteiger partial charge in [0, 0.05) is 29.7 Å². The van der Waals surface area contributed by atoms with E-state index in [0.717, 1.165) is 21.6 Å². The van der Waals surface area contributed by atoms with Crippen molar-refractivity contribution in [3.8, 4) is 6.07 Å². The second kappa shape index (κ2) is 6.51. The standard InChI is InChI=1S/C16H16BrN5OS/c1-16(2,23)9-22-8-13(20-15(22)17)24-21-12-5-3-4-11-10(6-18)7-19-14(11)12/h3-5,7-8,19,21,23H,9H2,1-2H3. The Kier molecular flexibility index (Phi) is 4.58. The summed E-state index contributed by atoms with van der Waals surface area (Å²) >= 11 is 4.78. The molecule has 0 saturated carbocycles. The number of benzene rings is 1. The topological polar surface area (TPSA) is 89.7 Å². The lowest BCUT2D eigenvalue weighted by Crippen LogP contribution is -2.25. The van der Waals surface area contributed by atoms with Crippen LogP contribution in [0.25, 0.3) is 10.9 Å². The summed E-state index contributed by atoms with van der Waals surface area (Å²) in [5.41, 5.74) is 1.57. The minimum Gasteiger partial charge on any atom is -0.389 e. The van der Waals surface area contributed by atoms with Crippen LogP contribution in [-0.4, -0.2) is 25.2 Å². The van der Waals surface area contributed by atoms with Crippen LogP contribution in [0.1, 0.15) is 19.4 Å². The highest BCUT2D eigenvalue weighted by Crippen LogP contribution is 2.29. The van der Waals surface area contributed by atoms with Crippen LogP contribution >= 0.6 is 27.9 Å². The van der Waals surface area contributed by atoms with Crippen molar-refractivity contribution >= 4 is 44.5 Å².